The van der Waals surface area contributed by atoms with Crippen molar-refractivity contribution in [3.63, 3.8) is 0 Å². The molecular weight excluding hydrogens is 320 g/mol. The zero-order valence-corrected chi connectivity index (χ0v) is 13.8. The number of hydrogen-bond donors (Lipinski definition) is 0. The summed E-state index contributed by atoms with van der Waals surface area (Å²) in [5.41, 5.74) is 0.632. The molecule has 0 N–H and O–H groups in total. The van der Waals surface area contributed by atoms with Gasteiger partial charge in [0.2, 0.25) is 0 Å². The zero-order chi connectivity index (χ0) is 14.7. The number of amides is 1. The molecule has 2 rings (SSSR count). The fourth-order valence-corrected chi connectivity index (χ4v) is 3.00. The molecule has 1 amide bonds. The molecule has 1 heterocycles. The molecule has 0 aliphatic carbocycles. The minimum absolute atomic E-state index is 0.0527. The van der Waals surface area contributed by atoms with Gasteiger partial charge in [-0.2, -0.15) is 0 Å². The second-order valence-electron chi connectivity index (χ2n) is 5.07. The topological polar surface area (TPSA) is 32.8 Å². The Morgan fingerprint density at radius 3 is 2.80 bits per heavy atom. The van der Waals surface area contributed by atoms with Crippen LogP contribution < -0.4 is 4.74 Å². The van der Waals surface area contributed by atoms with Gasteiger partial charge in [0, 0.05) is 30.1 Å². The molecule has 4 nitrogen and oxygen atoms in total. The maximum Gasteiger partial charge on any atom is 0.257 e. The second-order valence-corrected chi connectivity index (χ2v) is 5.99. The number of methoxy groups -OCH3 is 1. The Morgan fingerprint density at radius 1 is 1.45 bits per heavy atom. The first-order valence-electron chi connectivity index (χ1n) is 6.93. The molecule has 1 atom stereocenters. The van der Waals surface area contributed by atoms with E-state index in [1.807, 2.05) is 23.1 Å². The summed E-state index contributed by atoms with van der Waals surface area (Å²) in [5, 5.41) is 0. The van der Waals surface area contributed by atoms with Crippen LogP contribution in [0.25, 0.3) is 0 Å². The highest BCUT2D eigenvalue weighted by Crippen LogP contribution is 2.25. The van der Waals surface area contributed by atoms with E-state index in [0.717, 1.165) is 30.7 Å². The molecular formula is C15H21BrN2O2. The van der Waals surface area contributed by atoms with E-state index in [-0.39, 0.29) is 5.91 Å². The summed E-state index contributed by atoms with van der Waals surface area (Å²) in [6.45, 7) is 7.84. The summed E-state index contributed by atoms with van der Waals surface area (Å²) >= 11 is 3.40. The van der Waals surface area contributed by atoms with Gasteiger partial charge < -0.3 is 9.64 Å². The van der Waals surface area contributed by atoms with Crippen LogP contribution in [0.3, 0.4) is 0 Å². The van der Waals surface area contributed by atoms with Crippen LogP contribution in [0.5, 0.6) is 5.75 Å². The lowest BCUT2D eigenvalue weighted by Crippen LogP contribution is -2.53. The molecule has 1 fully saturated rings. The lowest BCUT2D eigenvalue weighted by Gasteiger charge is -2.39. The van der Waals surface area contributed by atoms with Gasteiger partial charge in [-0.1, -0.05) is 22.9 Å². The molecule has 0 bridgehead atoms. The predicted octanol–water partition coefficient (Wildman–Crippen LogP) is 2.62. The third kappa shape index (κ3) is 3.15. The third-order valence-electron chi connectivity index (χ3n) is 3.85. The van der Waals surface area contributed by atoms with E-state index in [2.05, 4.69) is 34.7 Å². The van der Waals surface area contributed by atoms with Gasteiger partial charge in [0.05, 0.1) is 12.7 Å². The molecule has 0 saturated carbocycles. The van der Waals surface area contributed by atoms with Crippen molar-refractivity contribution in [1.29, 1.82) is 0 Å². The van der Waals surface area contributed by atoms with Gasteiger partial charge in [-0.15, -0.1) is 0 Å². The Kier molecular flexibility index (Phi) is 5.05. The average Bonchev–Trinajstić information content (AvgIpc) is 2.46. The van der Waals surface area contributed by atoms with Crippen molar-refractivity contribution in [1.82, 2.24) is 9.80 Å². The molecule has 0 aromatic heterocycles. The first-order chi connectivity index (χ1) is 9.56. The van der Waals surface area contributed by atoms with Crippen LogP contribution in [-0.2, 0) is 0 Å². The number of piperazine rings is 1. The first-order valence-corrected chi connectivity index (χ1v) is 7.73. The number of carbonyl (C=O) groups excluding carboxylic acids is 1. The largest absolute Gasteiger partial charge is 0.496 e. The number of ether oxygens (including phenoxy) is 1. The Balaban J connectivity index is 2.16. The summed E-state index contributed by atoms with van der Waals surface area (Å²) in [6.07, 6.45) is 0. The summed E-state index contributed by atoms with van der Waals surface area (Å²) in [5.74, 6) is 0.673. The fourth-order valence-electron chi connectivity index (χ4n) is 2.66. The SMILES string of the molecule is CCN1CCN(C(=O)c2ccc(Br)cc2OC)CC1C. The number of nitrogens with zero attached hydrogens (tertiary/aromatic N) is 2. The number of likely N-dealkylation sites (N-methyl/N-ethyl adjacent to an activating group) is 1. The van der Waals surface area contributed by atoms with Gasteiger partial charge >= 0.3 is 0 Å². The number of rotatable bonds is 3. The Labute approximate surface area is 128 Å². The number of halogens is 1. The first kappa shape index (κ1) is 15.3. The van der Waals surface area contributed by atoms with Crippen LogP contribution in [0.2, 0.25) is 0 Å². The molecule has 5 heteroatoms. The van der Waals surface area contributed by atoms with Crippen LogP contribution in [-0.4, -0.2) is 55.0 Å². The van der Waals surface area contributed by atoms with Crippen LogP contribution >= 0.6 is 15.9 Å². The maximum absolute atomic E-state index is 12.6. The smallest absolute Gasteiger partial charge is 0.257 e. The van der Waals surface area contributed by atoms with Gasteiger partial charge in [0.15, 0.2) is 0 Å². The van der Waals surface area contributed by atoms with E-state index in [9.17, 15) is 4.79 Å². The van der Waals surface area contributed by atoms with Crippen molar-refractivity contribution < 1.29 is 9.53 Å². The number of benzene rings is 1. The minimum atomic E-state index is 0.0527. The lowest BCUT2D eigenvalue weighted by molar-refractivity contribution is 0.0525. The molecule has 110 valence electrons. The van der Waals surface area contributed by atoms with Gasteiger partial charge in [0.1, 0.15) is 5.75 Å². The van der Waals surface area contributed by atoms with Crippen molar-refractivity contribution in [3.8, 4) is 5.75 Å². The van der Waals surface area contributed by atoms with Crippen molar-refractivity contribution in [2.45, 2.75) is 19.9 Å². The van der Waals surface area contributed by atoms with E-state index >= 15 is 0 Å². The molecule has 0 radical (unpaired) electrons. The standard InChI is InChI=1S/C15H21BrN2O2/c1-4-17-7-8-18(10-11(17)2)15(19)13-6-5-12(16)9-14(13)20-3/h5-6,9,11H,4,7-8,10H2,1-3H3. The molecule has 1 saturated heterocycles. The highest BCUT2D eigenvalue weighted by Gasteiger charge is 2.27. The highest BCUT2D eigenvalue weighted by molar-refractivity contribution is 9.10. The van der Waals surface area contributed by atoms with Gasteiger partial charge in [-0.3, -0.25) is 9.69 Å². The average molecular weight is 341 g/mol. The maximum atomic E-state index is 12.6. The molecule has 1 unspecified atom stereocenters. The normalized spacial score (nSPS) is 20.0. The lowest BCUT2D eigenvalue weighted by atomic mass is 10.1. The van der Waals surface area contributed by atoms with Crippen LogP contribution in [0.1, 0.15) is 24.2 Å². The van der Waals surface area contributed by atoms with Gasteiger partial charge in [-0.05, 0) is 31.7 Å². The zero-order valence-electron chi connectivity index (χ0n) is 12.2. The summed E-state index contributed by atoms with van der Waals surface area (Å²) in [7, 11) is 1.59. The van der Waals surface area contributed by atoms with E-state index in [4.69, 9.17) is 4.74 Å². The Hall–Kier alpha value is -1.07. The monoisotopic (exact) mass is 340 g/mol. The van der Waals surface area contributed by atoms with Crippen LogP contribution in [0.4, 0.5) is 0 Å². The van der Waals surface area contributed by atoms with E-state index in [1.54, 1.807) is 7.11 Å². The predicted molar refractivity (Wildman–Crippen MR) is 83.3 cm³/mol. The van der Waals surface area contributed by atoms with Gasteiger partial charge in [0.25, 0.3) is 5.91 Å². The second kappa shape index (κ2) is 6.59. The fraction of sp³-hybridized carbons (Fsp3) is 0.533. The minimum Gasteiger partial charge on any atom is -0.496 e. The quantitative estimate of drug-likeness (QED) is 0.847. The molecule has 1 aromatic rings. The van der Waals surface area contributed by atoms with E-state index < -0.39 is 0 Å². The molecule has 1 aliphatic heterocycles. The number of hydrogen-bond acceptors (Lipinski definition) is 3. The van der Waals surface area contributed by atoms with Crippen molar-refractivity contribution in [2.24, 2.45) is 0 Å². The summed E-state index contributed by atoms with van der Waals surface area (Å²) in [6, 6.07) is 5.93. The molecule has 0 spiro atoms. The molecule has 1 aromatic carbocycles. The van der Waals surface area contributed by atoms with Crippen LogP contribution in [0, 0.1) is 0 Å². The highest BCUT2D eigenvalue weighted by atomic mass is 79.9. The van der Waals surface area contributed by atoms with Crippen LogP contribution in [0.15, 0.2) is 22.7 Å². The summed E-state index contributed by atoms with van der Waals surface area (Å²) in [4.78, 5) is 17.0. The Bertz CT molecular complexity index is 493. The summed E-state index contributed by atoms with van der Waals surface area (Å²) < 4.78 is 6.23. The number of carbonyl (C=O) groups is 1. The van der Waals surface area contributed by atoms with E-state index in [1.165, 1.54) is 0 Å². The molecule has 1 aliphatic rings. The van der Waals surface area contributed by atoms with Crippen molar-refractivity contribution in [2.75, 3.05) is 33.3 Å². The van der Waals surface area contributed by atoms with Crippen molar-refractivity contribution in [3.05, 3.63) is 28.2 Å². The third-order valence-corrected chi connectivity index (χ3v) is 4.35. The van der Waals surface area contributed by atoms with Gasteiger partial charge in [-0.25, -0.2) is 0 Å². The molecule has 20 heavy (non-hydrogen) atoms. The Morgan fingerprint density at radius 2 is 2.20 bits per heavy atom. The van der Waals surface area contributed by atoms with E-state index in [0.29, 0.717) is 17.4 Å². The van der Waals surface area contributed by atoms with Crippen molar-refractivity contribution >= 4 is 21.8 Å².